The van der Waals surface area contributed by atoms with Crippen molar-refractivity contribution in [1.29, 1.82) is 0 Å². The molecule has 0 aromatic heterocycles. The van der Waals surface area contributed by atoms with E-state index in [4.69, 9.17) is 19.9 Å². The summed E-state index contributed by atoms with van der Waals surface area (Å²) in [5, 5.41) is 13.0. The highest BCUT2D eigenvalue weighted by Gasteiger charge is 2.42. The van der Waals surface area contributed by atoms with Gasteiger partial charge < -0.3 is 24.6 Å². The number of esters is 2. The van der Waals surface area contributed by atoms with Gasteiger partial charge >= 0.3 is 11.9 Å². The Morgan fingerprint density at radius 3 is 2.16 bits per heavy atom. The maximum atomic E-state index is 12.2. The zero-order chi connectivity index (χ0) is 30.8. The highest BCUT2D eigenvalue weighted by Crippen LogP contribution is 2.43. The van der Waals surface area contributed by atoms with Gasteiger partial charge in [0.2, 0.25) is 0 Å². The molecule has 8 heteroatoms. The van der Waals surface area contributed by atoms with Crippen molar-refractivity contribution in [3.63, 3.8) is 0 Å². The molecule has 4 fully saturated rings. The molecule has 0 bridgehead atoms. The van der Waals surface area contributed by atoms with E-state index in [9.17, 15) is 14.7 Å². The van der Waals surface area contributed by atoms with E-state index in [1.165, 1.54) is 78.1 Å². The quantitative estimate of drug-likeness (QED) is 0.256. The average molecular weight is 608 g/mol. The number of piperidine rings is 1. The minimum absolute atomic E-state index is 0.122. The van der Waals surface area contributed by atoms with Gasteiger partial charge in [-0.15, -0.1) is 0 Å². The van der Waals surface area contributed by atoms with Gasteiger partial charge in [-0.05, 0) is 80.5 Å². The van der Waals surface area contributed by atoms with E-state index in [2.05, 4.69) is 5.32 Å². The number of aliphatic hydroxyl groups excluding tert-OH is 1. The van der Waals surface area contributed by atoms with Crippen LogP contribution in [-0.4, -0.2) is 61.3 Å². The lowest BCUT2D eigenvalue weighted by molar-refractivity contribution is -0.699. The minimum atomic E-state index is -0.455. The fourth-order valence-corrected chi connectivity index (χ4v) is 9.44. The van der Waals surface area contributed by atoms with Crippen LogP contribution in [-0.2, 0) is 23.8 Å². The van der Waals surface area contributed by atoms with Crippen LogP contribution in [0.1, 0.15) is 129 Å². The SMILES string of the molecule is COC1CC(CCC(CC(CC2CCC(CC3CCCCC3)CC2)OC(C)=O)OC(C)=O)C(C2CC[NH2+]C(N)C2)CC1O. The van der Waals surface area contributed by atoms with E-state index in [-0.39, 0.29) is 36.4 Å². The summed E-state index contributed by atoms with van der Waals surface area (Å²) in [6.07, 6.45) is 19.1. The first-order chi connectivity index (χ1) is 20.7. The monoisotopic (exact) mass is 607 g/mol. The molecular weight excluding hydrogens is 544 g/mol. The molecule has 4 aliphatic rings. The number of nitrogens with two attached hydrogens (primary N) is 2. The molecule has 0 spiro atoms. The Hall–Kier alpha value is -1.22. The average Bonchev–Trinajstić information content (AvgIpc) is 2.97. The standard InChI is InChI=1S/C35H62N2O6/c1-23(38)42-30(14-13-28-19-34(41-3)33(40)22-32(28)29-15-16-37-35(36)20-29)21-31(43-24(2)39)18-27-11-9-26(10-12-27)17-25-7-5-4-6-8-25/h25-35,37,40H,4-22,36H2,1-3H3/p+1. The van der Waals surface area contributed by atoms with Crippen LogP contribution in [0.2, 0.25) is 0 Å². The summed E-state index contributed by atoms with van der Waals surface area (Å²) in [7, 11) is 1.69. The van der Waals surface area contributed by atoms with Gasteiger partial charge in [-0.2, -0.15) is 0 Å². The van der Waals surface area contributed by atoms with Crippen molar-refractivity contribution in [3.8, 4) is 0 Å². The third kappa shape index (κ3) is 11.3. The normalized spacial score (nSPS) is 35.6. The molecule has 1 saturated heterocycles. The second-order valence-corrected chi connectivity index (χ2v) is 14.8. The molecule has 43 heavy (non-hydrogen) atoms. The van der Waals surface area contributed by atoms with Gasteiger partial charge in [-0.25, -0.2) is 0 Å². The molecule has 0 radical (unpaired) electrons. The Bertz CT molecular complexity index is 842. The van der Waals surface area contributed by atoms with Gasteiger partial charge in [0.15, 0.2) is 0 Å². The van der Waals surface area contributed by atoms with Crippen LogP contribution in [0.4, 0.5) is 0 Å². The minimum Gasteiger partial charge on any atom is -0.462 e. The number of hydrogen-bond donors (Lipinski definition) is 3. The van der Waals surface area contributed by atoms with Crippen LogP contribution in [0, 0.1) is 35.5 Å². The Kier molecular flexibility index (Phi) is 14.1. The molecule has 4 rings (SSSR count). The largest absolute Gasteiger partial charge is 0.462 e. The van der Waals surface area contributed by atoms with Crippen LogP contribution in [0.3, 0.4) is 0 Å². The molecule has 3 aliphatic carbocycles. The summed E-state index contributed by atoms with van der Waals surface area (Å²) in [6.45, 7) is 3.99. The van der Waals surface area contributed by atoms with Crippen molar-refractivity contribution in [2.24, 2.45) is 41.2 Å². The summed E-state index contributed by atoms with van der Waals surface area (Å²) in [6, 6.07) is 0. The molecule has 8 unspecified atom stereocenters. The van der Waals surface area contributed by atoms with E-state index >= 15 is 0 Å². The third-order valence-corrected chi connectivity index (χ3v) is 11.6. The lowest BCUT2D eigenvalue weighted by Gasteiger charge is -2.44. The van der Waals surface area contributed by atoms with Gasteiger partial charge in [0, 0.05) is 33.8 Å². The zero-order valence-corrected chi connectivity index (χ0v) is 27.4. The molecule has 248 valence electrons. The van der Waals surface area contributed by atoms with Crippen molar-refractivity contribution in [2.45, 2.75) is 160 Å². The molecular formula is C35H63N2O6+. The molecule has 8 nitrogen and oxygen atoms in total. The molecule has 0 aromatic carbocycles. The predicted molar refractivity (Wildman–Crippen MR) is 167 cm³/mol. The van der Waals surface area contributed by atoms with Crippen LogP contribution in [0.5, 0.6) is 0 Å². The smallest absolute Gasteiger partial charge is 0.302 e. The molecule has 0 aromatic rings. The molecule has 5 N–H and O–H groups in total. The number of aliphatic hydroxyl groups is 1. The zero-order valence-electron chi connectivity index (χ0n) is 27.4. The maximum Gasteiger partial charge on any atom is 0.302 e. The van der Waals surface area contributed by atoms with Gasteiger partial charge in [0.05, 0.1) is 18.8 Å². The topological polar surface area (TPSA) is 125 Å². The summed E-state index contributed by atoms with van der Waals surface area (Å²) >= 11 is 0. The van der Waals surface area contributed by atoms with Crippen molar-refractivity contribution < 1.29 is 34.2 Å². The summed E-state index contributed by atoms with van der Waals surface area (Å²) < 4.78 is 17.4. The summed E-state index contributed by atoms with van der Waals surface area (Å²) in [4.78, 5) is 24.3. The number of quaternary nitrogens is 1. The highest BCUT2D eigenvalue weighted by molar-refractivity contribution is 5.66. The molecule has 3 saturated carbocycles. The lowest BCUT2D eigenvalue weighted by Crippen LogP contribution is -2.94. The maximum absolute atomic E-state index is 12.2. The fraction of sp³-hybridized carbons (Fsp3) is 0.943. The van der Waals surface area contributed by atoms with Crippen molar-refractivity contribution in [1.82, 2.24) is 0 Å². The third-order valence-electron chi connectivity index (χ3n) is 11.6. The fourth-order valence-electron chi connectivity index (χ4n) is 9.44. The van der Waals surface area contributed by atoms with Gasteiger partial charge in [-0.1, -0.05) is 57.8 Å². The first kappa shape index (κ1) is 34.6. The van der Waals surface area contributed by atoms with E-state index < -0.39 is 6.10 Å². The van der Waals surface area contributed by atoms with Crippen molar-refractivity contribution >= 4 is 11.9 Å². The molecule has 1 aliphatic heterocycles. The second kappa shape index (κ2) is 17.5. The second-order valence-electron chi connectivity index (χ2n) is 14.8. The van der Waals surface area contributed by atoms with E-state index in [1.807, 2.05) is 0 Å². The highest BCUT2D eigenvalue weighted by atomic mass is 16.6. The predicted octanol–water partition coefficient (Wildman–Crippen LogP) is 4.85. The van der Waals surface area contributed by atoms with Crippen LogP contribution in [0.15, 0.2) is 0 Å². The number of carbonyl (C=O) groups is 2. The Balaban J connectivity index is 1.34. The van der Waals surface area contributed by atoms with Crippen molar-refractivity contribution in [3.05, 3.63) is 0 Å². The van der Waals surface area contributed by atoms with Crippen LogP contribution < -0.4 is 11.1 Å². The summed E-state index contributed by atoms with van der Waals surface area (Å²) in [5.41, 5.74) is 6.32. The number of hydrogen-bond acceptors (Lipinski definition) is 7. The van der Waals surface area contributed by atoms with Gasteiger partial charge in [0.25, 0.3) is 0 Å². The van der Waals surface area contributed by atoms with Gasteiger partial charge in [0.1, 0.15) is 18.4 Å². The number of methoxy groups -OCH3 is 1. The number of carbonyl (C=O) groups excluding carboxylic acids is 2. The van der Waals surface area contributed by atoms with Gasteiger partial charge in [-0.3, -0.25) is 15.3 Å². The Labute approximate surface area is 260 Å². The van der Waals surface area contributed by atoms with E-state index in [0.29, 0.717) is 30.1 Å². The number of ether oxygens (including phenoxy) is 3. The summed E-state index contributed by atoms with van der Waals surface area (Å²) in [5.74, 6) is 3.06. The number of rotatable bonds is 13. The van der Waals surface area contributed by atoms with E-state index in [1.54, 1.807) is 7.11 Å². The van der Waals surface area contributed by atoms with Crippen LogP contribution >= 0.6 is 0 Å². The first-order valence-electron chi connectivity index (χ1n) is 17.8. The van der Waals surface area contributed by atoms with Crippen molar-refractivity contribution in [2.75, 3.05) is 13.7 Å². The first-order valence-corrected chi connectivity index (χ1v) is 17.8. The van der Waals surface area contributed by atoms with E-state index in [0.717, 1.165) is 63.3 Å². The van der Waals surface area contributed by atoms with Crippen LogP contribution in [0.25, 0.3) is 0 Å². The molecule has 0 amide bonds. The molecule has 1 heterocycles. The Morgan fingerprint density at radius 2 is 1.51 bits per heavy atom. The lowest BCUT2D eigenvalue weighted by atomic mass is 9.66. The Morgan fingerprint density at radius 1 is 0.860 bits per heavy atom. The molecule has 8 atom stereocenters.